The molecule has 0 aromatic heterocycles. The zero-order valence-corrected chi connectivity index (χ0v) is 16.3. The van der Waals surface area contributed by atoms with Crippen molar-refractivity contribution in [1.29, 1.82) is 0 Å². The van der Waals surface area contributed by atoms with Crippen molar-refractivity contribution in [3.05, 3.63) is 29.6 Å². The highest BCUT2D eigenvalue weighted by atomic mass is 19.1. The molecule has 2 saturated carbocycles. The normalized spacial score (nSPS) is 25.7. The number of carbonyl (C=O) groups excluding carboxylic acids is 1. The summed E-state index contributed by atoms with van der Waals surface area (Å²) in [7, 11) is 0. The van der Waals surface area contributed by atoms with Gasteiger partial charge in [-0.15, -0.1) is 0 Å². The lowest BCUT2D eigenvalue weighted by Crippen LogP contribution is -2.47. The largest absolute Gasteiger partial charge is 0.311 e. The summed E-state index contributed by atoms with van der Waals surface area (Å²) >= 11 is 0. The van der Waals surface area contributed by atoms with Crippen LogP contribution in [0, 0.1) is 17.7 Å². The van der Waals surface area contributed by atoms with E-state index in [9.17, 15) is 9.18 Å². The van der Waals surface area contributed by atoms with Gasteiger partial charge in [0.25, 0.3) is 0 Å². The van der Waals surface area contributed by atoms with Crippen molar-refractivity contribution in [2.45, 2.75) is 63.2 Å². The summed E-state index contributed by atoms with van der Waals surface area (Å²) in [6.45, 7) is 4.16. The van der Waals surface area contributed by atoms with E-state index in [0.29, 0.717) is 5.91 Å². The number of likely N-dealkylation sites (tertiary alicyclic amines) is 1. The lowest BCUT2D eigenvalue weighted by Gasteiger charge is -2.40. The van der Waals surface area contributed by atoms with Crippen LogP contribution in [0.15, 0.2) is 18.2 Å². The fraction of sp³-hybridized carbons (Fsp3) is 0.696. The van der Waals surface area contributed by atoms with E-state index in [1.165, 1.54) is 44.7 Å². The average Bonchev–Trinajstić information content (AvgIpc) is 3.47. The molecular weight excluding hydrogens is 339 g/mol. The number of halogens is 1. The zero-order valence-electron chi connectivity index (χ0n) is 16.3. The minimum absolute atomic E-state index is 0.0399. The minimum atomic E-state index is -0.166. The molecule has 0 radical (unpaired) electrons. The first-order valence-corrected chi connectivity index (χ1v) is 11.0. The second kappa shape index (κ2) is 6.88. The Morgan fingerprint density at radius 2 is 1.81 bits per heavy atom. The molecule has 1 spiro atoms. The molecule has 1 aromatic carbocycles. The van der Waals surface area contributed by atoms with Crippen LogP contribution in [0.4, 0.5) is 10.1 Å². The summed E-state index contributed by atoms with van der Waals surface area (Å²) in [5.74, 6) is 1.21. The fourth-order valence-corrected chi connectivity index (χ4v) is 5.66. The van der Waals surface area contributed by atoms with Gasteiger partial charge in [-0.3, -0.25) is 4.79 Å². The first-order chi connectivity index (χ1) is 13.1. The van der Waals surface area contributed by atoms with Crippen molar-refractivity contribution in [1.82, 2.24) is 4.90 Å². The molecule has 4 heteroatoms. The van der Waals surface area contributed by atoms with E-state index in [1.807, 2.05) is 11.0 Å². The van der Waals surface area contributed by atoms with Gasteiger partial charge in [0, 0.05) is 30.1 Å². The summed E-state index contributed by atoms with van der Waals surface area (Å²) in [6.07, 6.45) is 10.5. The number of rotatable bonds is 3. The molecule has 0 N–H and O–H groups in total. The molecule has 27 heavy (non-hydrogen) atoms. The van der Waals surface area contributed by atoms with Gasteiger partial charge < -0.3 is 9.80 Å². The van der Waals surface area contributed by atoms with E-state index in [2.05, 4.69) is 4.90 Å². The minimum Gasteiger partial charge on any atom is -0.311 e. The number of piperidine rings is 1. The Balaban J connectivity index is 1.39. The Kier molecular flexibility index (Phi) is 4.50. The fourth-order valence-electron chi connectivity index (χ4n) is 5.66. The maximum absolute atomic E-state index is 14.1. The molecular formula is C23H31FN2O. The van der Waals surface area contributed by atoms with Crippen molar-refractivity contribution in [2.24, 2.45) is 11.8 Å². The van der Waals surface area contributed by atoms with Gasteiger partial charge in [0.15, 0.2) is 0 Å². The quantitative estimate of drug-likeness (QED) is 0.782. The Morgan fingerprint density at radius 3 is 2.52 bits per heavy atom. The van der Waals surface area contributed by atoms with Crippen LogP contribution in [0.25, 0.3) is 0 Å². The highest BCUT2D eigenvalue weighted by Gasteiger charge is 2.47. The third kappa shape index (κ3) is 3.30. The summed E-state index contributed by atoms with van der Waals surface area (Å²) in [4.78, 5) is 17.9. The molecule has 0 bridgehead atoms. The third-order valence-electron chi connectivity index (χ3n) is 7.53. The lowest BCUT2D eigenvalue weighted by molar-refractivity contribution is -0.123. The van der Waals surface area contributed by atoms with Crippen LogP contribution >= 0.6 is 0 Å². The molecule has 3 nitrogen and oxygen atoms in total. The second-order valence-electron chi connectivity index (χ2n) is 9.45. The van der Waals surface area contributed by atoms with Crippen LogP contribution in [0.3, 0.4) is 0 Å². The van der Waals surface area contributed by atoms with Gasteiger partial charge >= 0.3 is 0 Å². The molecule has 3 fully saturated rings. The first kappa shape index (κ1) is 17.7. The van der Waals surface area contributed by atoms with E-state index in [4.69, 9.17) is 0 Å². The van der Waals surface area contributed by atoms with Gasteiger partial charge in [0.05, 0.1) is 0 Å². The number of fused-ring (bicyclic) bond motifs is 2. The summed E-state index contributed by atoms with van der Waals surface area (Å²) in [6, 6.07) is 5.11. The molecule has 1 amide bonds. The molecule has 1 saturated heterocycles. The topological polar surface area (TPSA) is 23.6 Å². The molecule has 1 aromatic rings. The number of hydrogen-bond acceptors (Lipinski definition) is 2. The Hall–Kier alpha value is -1.42. The molecule has 4 aliphatic rings. The van der Waals surface area contributed by atoms with Crippen molar-refractivity contribution >= 4 is 11.6 Å². The van der Waals surface area contributed by atoms with Gasteiger partial charge in [0.2, 0.25) is 5.91 Å². The van der Waals surface area contributed by atoms with Gasteiger partial charge in [-0.2, -0.15) is 0 Å². The smallest absolute Gasteiger partial charge is 0.230 e. The van der Waals surface area contributed by atoms with Gasteiger partial charge in [-0.05, 0) is 81.3 Å². The zero-order chi connectivity index (χ0) is 18.4. The number of anilines is 1. The van der Waals surface area contributed by atoms with Crippen molar-refractivity contribution < 1.29 is 9.18 Å². The maximum atomic E-state index is 14.1. The average molecular weight is 371 g/mol. The van der Waals surface area contributed by atoms with E-state index in [0.717, 1.165) is 62.5 Å². The van der Waals surface area contributed by atoms with Gasteiger partial charge in [-0.1, -0.05) is 19.3 Å². The number of hydrogen-bond donors (Lipinski definition) is 0. The molecule has 2 aliphatic carbocycles. The van der Waals surface area contributed by atoms with E-state index in [1.54, 1.807) is 6.07 Å². The number of benzene rings is 1. The third-order valence-corrected chi connectivity index (χ3v) is 7.53. The highest BCUT2D eigenvalue weighted by Crippen LogP contribution is 2.48. The van der Waals surface area contributed by atoms with Crippen LogP contribution in [0.1, 0.15) is 63.4 Å². The van der Waals surface area contributed by atoms with Crippen molar-refractivity contribution in [2.75, 3.05) is 31.1 Å². The first-order valence-electron chi connectivity index (χ1n) is 11.0. The van der Waals surface area contributed by atoms with Crippen LogP contribution in [0.2, 0.25) is 0 Å². The van der Waals surface area contributed by atoms with Crippen LogP contribution in [-0.4, -0.2) is 37.0 Å². The molecule has 2 aliphatic heterocycles. The predicted molar refractivity (Wildman–Crippen MR) is 105 cm³/mol. The number of amides is 1. The van der Waals surface area contributed by atoms with Crippen LogP contribution in [-0.2, 0) is 10.2 Å². The van der Waals surface area contributed by atoms with Crippen molar-refractivity contribution in [3.63, 3.8) is 0 Å². The predicted octanol–water partition coefficient (Wildman–Crippen LogP) is 4.50. The Morgan fingerprint density at radius 1 is 1.07 bits per heavy atom. The molecule has 2 heterocycles. The Bertz CT molecular complexity index is 715. The van der Waals surface area contributed by atoms with Gasteiger partial charge in [-0.25, -0.2) is 4.39 Å². The lowest BCUT2D eigenvalue weighted by atomic mass is 9.74. The van der Waals surface area contributed by atoms with Gasteiger partial charge in [0.1, 0.15) is 5.82 Å². The van der Waals surface area contributed by atoms with Crippen molar-refractivity contribution in [3.8, 4) is 0 Å². The van der Waals surface area contributed by atoms with E-state index in [-0.39, 0.29) is 17.2 Å². The Labute approximate surface area is 161 Å². The second-order valence-corrected chi connectivity index (χ2v) is 9.45. The summed E-state index contributed by atoms with van der Waals surface area (Å²) in [5.41, 5.74) is 2.04. The molecule has 5 rings (SSSR count). The maximum Gasteiger partial charge on any atom is 0.230 e. The summed E-state index contributed by atoms with van der Waals surface area (Å²) < 4.78 is 14.1. The van der Waals surface area contributed by atoms with Crippen LogP contribution < -0.4 is 4.90 Å². The molecule has 146 valence electrons. The molecule has 0 unspecified atom stereocenters. The van der Waals surface area contributed by atoms with E-state index >= 15 is 0 Å². The number of carbonyl (C=O) groups is 1. The number of nitrogens with zero attached hydrogens (tertiary/aromatic N) is 2. The molecule has 0 atom stereocenters. The monoisotopic (exact) mass is 370 g/mol. The van der Waals surface area contributed by atoms with E-state index < -0.39 is 0 Å². The standard InChI is InChI=1S/C23H31FN2O/c24-19-8-9-21-20(14-19)23(10-12-25(13-11-23)15-17-6-7-17)16-26(21)22(27)18-4-2-1-3-5-18/h8-9,14,17-18H,1-7,10-13,15-16H2. The highest BCUT2D eigenvalue weighted by molar-refractivity contribution is 5.98. The SMILES string of the molecule is O=C(C1CCCCC1)N1CC2(CCN(CC3CC3)CC2)c2cc(F)ccc21. The summed E-state index contributed by atoms with van der Waals surface area (Å²) in [5, 5.41) is 0. The van der Waals surface area contributed by atoms with Crippen LogP contribution in [0.5, 0.6) is 0 Å².